The molecule has 4 aliphatic rings. The standard InChI is InChI=1S/C27H41F3O6/c1-15(22(14-35-3)36-24(33)12-23(31)32)20-6-7-21-19-5-4-16-13-26(34,27(28,29)30)11-9-17(16)18(19)8-10-25(20,21)2/h15-22,34H,4-14H2,1-3H3,(H,31,32)/t15-,16+,17-,18+,19+,20+,21-,22+,25+,26+/m0/s1. The minimum absolute atomic E-state index is 0.00190. The fraction of sp³-hybridized carbons (Fsp3) is 0.926. The molecule has 4 saturated carbocycles. The lowest BCUT2D eigenvalue weighted by atomic mass is 9.48. The lowest BCUT2D eigenvalue weighted by molar-refractivity contribution is -0.282. The molecule has 0 aromatic heterocycles. The summed E-state index contributed by atoms with van der Waals surface area (Å²) in [7, 11) is 1.54. The van der Waals surface area contributed by atoms with E-state index in [1.807, 2.05) is 0 Å². The number of alkyl halides is 3. The number of aliphatic carboxylic acids is 1. The van der Waals surface area contributed by atoms with E-state index in [9.17, 15) is 27.9 Å². The Morgan fingerprint density at radius 1 is 1.03 bits per heavy atom. The smallest absolute Gasteiger partial charge is 0.417 e. The summed E-state index contributed by atoms with van der Waals surface area (Å²) in [6.45, 7) is 4.61. The summed E-state index contributed by atoms with van der Waals surface area (Å²) >= 11 is 0. The average molecular weight is 519 g/mol. The van der Waals surface area contributed by atoms with Crippen LogP contribution in [0.1, 0.15) is 78.1 Å². The number of carboxylic acids is 1. The Morgan fingerprint density at radius 3 is 2.36 bits per heavy atom. The predicted octanol–water partition coefficient (Wildman–Crippen LogP) is 5.22. The van der Waals surface area contributed by atoms with E-state index in [1.54, 1.807) is 0 Å². The third kappa shape index (κ3) is 4.91. The number of carboxylic acid groups (broad SMARTS) is 1. The molecular formula is C27H41F3O6. The van der Waals surface area contributed by atoms with Gasteiger partial charge in [-0.15, -0.1) is 0 Å². The zero-order chi connectivity index (χ0) is 26.5. The molecule has 0 unspecified atom stereocenters. The number of hydrogen-bond donors (Lipinski definition) is 2. The molecule has 2 N–H and O–H groups in total. The highest BCUT2D eigenvalue weighted by Crippen LogP contribution is 2.66. The second kappa shape index (κ2) is 10.1. The second-order valence-electron chi connectivity index (χ2n) is 12.3. The number of carbonyl (C=O) groups excluding carboxylic acids is 1. The highest BCUT2D eigenvalue weighted by atomic mass is 19.4. The molecule has 0 radical (unpaired) electrons. The summed E-state index contributed by atoms with van der Waals surface area (Å²) in [5, 5.41) is 19.3. The van der Waals surface area contributed by atoms with Gasteiger partial charge in [0.05, 0.1) is 6.61 Å². The van der Waals surface area contributed by atoms with E-state index in [4.69, 9.17) is 14.6 Å². The summed E-state index contributed by atoms with van der Waals surface area (Å²) in [4.78, 5) is 23.0. The van der Waals surface area contributed by atoms with Crippen LogP contribution in [0.15, 0.2) is 0 Å². The van der Waals surface area contributed by atoms with E-state index in [1.165, 1.54) is 7.11 Å². The highest BCUT2D eigenvalue weighted by molar-refractivity contribution is 5.90. The maximum Gasteiger partial charge on any atom is 0.417 e. The van der Waals surface area contributed by atoms with Crippen LogP contribution in [-0.4, -0.2) is 53.7 Å². The molecule has 206 valence electrons. The SMILES string of the molecule is COC[C@@H](OC(=O)CC(=O)O)[C@@H](C)[C@H]1CC[C@H]2[C@@H]3CC[C@@H]4C[C@@](O)(C(F)(F)F)CC[C@@H]4[C@H]3CC[C@]12C. The maximum atomic E-state index is 13.5. The number of rotatable bonds is 7. The Bertz CT molecular complexity index is 833. The highest BCUT2D eigenvalue weighted by Gasteiger charge is 2.62. The van der Waals surface area contributed by atoms with Crippen LogP contribution >= 0.6 is 0 Å². The predicted molar refractivity (Wildman–Crippen MR) is 125 cm³/mol. The normalized spacial score (nSPS) is 42.0. The van der Waals surface area contributed by atoms with Crippen molar-refractivity contribution >= 4 is 11.9 Å². The zero-order valence-electron chi connectivity index (χ0n) is 21.6. The Kier molecular flexibility index (Phi) is 7.75. The van der Waals surface area contributed by atoms with Crippen molar-refractivity contribution in [1.82, 2.24) is 0 Å². The maximum absolute atomic E-state index is 13.5. The summed E-state index contributed by atoms with van der Waals surface area (Å²) in [6.07, 6.45) is 0.0125. The van der Waals surface area contributed by atoms with Gasteiger partial charge in [0.1, 0.15) is 12.5 Å². The zero-order valence-corrected chi connectivity index (χ0v) is 21.6. The Morgan fingerprint density at radius 2 is 1.72 bits per heavy atom. The molecule has 0 heterocycles. The molecule has 4 rings (SSSR count). The van der Waals surface area contributed by atoms with Crippen molar-refractivity contribution in [2.24, 2.45) is 46.8 Å². The molecule has 0 bridgehead atoms. The number of hydrogen-bond acceptors (Lipinski definition) is 5. The largest absolute Gasteiger partial charge is 0.481 e. The fourth-order valence-corrected chi connectivity index (χ4v) is 9.09. The summed E-state index contributed by atoms with van der Waals surface area (Å²) < 4.78 is 51.4. The minimum Gasteiger partial charge on any atom is -0.481 e. The van der Waals surface area contributed by atoms with E-state index >= 15 is 0 Å². The van der Waals surface area contributed by atoms with Crippen molar-refractivity contribution in [3.05, 3.63) is 0 Å². The molecule has 10 atom stereocenters. The van der Waals surface area contributed by atoms with Crippen LogP contribution in [0.3, 0.4) is 0 Å². The van der Waals surface area contributed by atoms with Gasteiger partial charge in [0.25, 0.3) is 0 Å². The average Bonchev–Trinajstić information content (AvgIpc) is 3.14. The van der Waals surface area contributed by atoms with Crippen LogP contribution in [-0.2, 0) is 19.1 Å². The monoisotopic (exact) mass is 518 g/mol. The van der Waals surface area contributed by atoms with Gasteiger partial charge in [-0.25, -0.2) is 0 Å². The summed E-state index contributed by atoms with van der Waals surface area (Å²) in [5.74, 6) is -0.117. The van der Waals surface area contributed by atoms with Crippen LogP contribution in [0, 0.1) is 46.8 Å². The van der Waals surface area contributed by atoms with Gasteiger partial charge in [-0.05, 0) is 105 Å². The quantitative estimate of drug-likeness (QED) is 0.355. The van der Waals surface area contributed by atoms with Crippen molar-refractivity contribution in [1.29, 1.82) is 0 Å². The van der Waals surface area contributed by atoms with Gasteiger partial charge < -0.3 is 19.7 Å². The number of methoxy groups -OCH3 is 1. The molecule has 36 heavy (non-hydrogen) atoms. The topological polar surface area (TPSA) is 93.1 Å². The van der Waals surface area contributed by atoms with Crippen LogP contribution in [0.5, 0.6) is 0 Å². The Balaban J connectivity index is 1.46. The first-order valence-electron chi connectivity index (χ1n) is 13.5. The fourth-order valence-electron chi connectivity index (χ4n) is 9.09. The Labute approximate surface area is 211 Å². The lowest BCUT2D eigenvalue weighted by Gasteiger charge is -2.57. The van der Waals surface area contributed by atoms with Crippen molar-refractivity contribution in [3.63, 3.8) is 0 Å². The molecular weight excluding hydrogens is 477 g/mol. The van der Waals surface area contributed by atoms with E-state index in [-0.39, 0.29) is 42.6 Å². The first-order valence-corrected chi connectivity index (χ1v) is 13.5. The van der Waals surface area contributed by atoms with Gasteiger partial charge in [-0.1, -0.05) is 13.8 Å². The third-order valence-electron chi connectivity index (χ3n) is 10.7. The van der Waals surface area contributed by atoms with Gasteiger partial charge in [-0.2, -0.15) is 13.2 Å². The number of halogens is 3. The van der Waals surface area contributed by atoms with Gasteiger partial charge >= 0.3 is 18.1 Å². The number of aliphatic hydroxyl groups is 1. The first-order chi connectivity index (χ1) is 16.8. The minimum atomic E-state index is -4.57. The van der Waals surface area contributed by atoms with Crippen molar-refractivity contribution in [2.75, 3.05) is 13.7 Å². The molecule has 0 amide bonds. The molecule has 0 spiro atoms. The van der Waals surface area contributed by atoms with E-state index in [0.29, 0.717) is 30.1 Å². The molecule has 4 fully saturated rings. The number of carbonyl (C=O) groups is 2. The van der Waals surface area contributed by atoms with Crippen molar-refractivity contribution < 1.29 is 42.4 Å². The van der Waals surface area contributed by atoms with Crippen molar-refractivity contribution in [2.45, 2.75) is 95.9 Å². The van der Waals surface area contributed by atoms with Crippen LogP contribution in [0.25, 0.3) is 0 Å². The number of esters is 1. The number of fused-ring (bicyclic) bond motifs is 5. The van der Waals surface area contributed by atoms with Crippen LogP contribution < -0.4 is 0 Å². The van der Waals surface area contributed by atoms with E-state index in [0.717, 1.165) is 38.5 Å². The Hall–Kier alpha value is -1.35. The lowest BCUT2D eigenvalue weighted by Crippen LogP contribution is -2.55. The second-order valence-corrected chi connectivity index (χ2v) is 12.3. The molecule has 0 aliphatic heterocycles. The first kappa shape index (κ1) is 27.7. The van der Waals surface area contributed by atoms with Gasteiger partial charge in [0.2, 0.25) is 0 Å². The summed E-state index contributed by atoms with van der Waals surface area (Å²) in [5.41, 5.74) is -2.49. The molecule has 9 heteroatoms. The molecule has 0 aromatic carbocycles. The van der Waals surface area contributed by atoms with Crippen LogP contribution in [0.2, 0.25) is 0 Å². The van der Waals surface area contributed by atoms with Gasteiger partial charge in [-0.3, -0.25) is 9.59 Å². The van der Waals surface area contributed by atoms with Crippen LogP contribution in [0.4, 0.5) is 13.2 Å². The molecule has 6 nitrogen and oxygen atoms in total. The van der Waals surface area contributed by atoms with E-state index < -0.39 is 36.2 Å². The molecule has 0 aromatic rings. The van der Waals surface area contributed by atoms with Crippen molar-refractivity contribution in [3.8, 4) is 0 Å². The van der Waals surface area contributed by atoms with E-state index in [2.05, 4.69) is 13.8 Å². The van der Waals surface area contributed by atoms with Gasteiger partial charge in [0.15, 0.2) is 5.60 Å². The molecule has 0 saturated heterocycles. The van der Waals surface area contributed by atoms with Gasteiger partial charge in [0, 0.05) is 7.11 Å². The summed E-state index contributed by atoms with van der Waals surface area (Å²) in [6, 6.07) is 0. The molecule has 4 aliphatic carbocycles. The third-order valence-corrected chi connectivity index (χ3v) is 10.7. The number of ether oxygens (including phenoxy) is 2.